The number of ether oxygens (including phenoxy) is 1. The van der Waals surface area contributed by atoms with Crippen LogP contribution in [0.1, 0.15) is 18.6 Å². The van der Waals surface area contributed by atoms with Crippen molar-refractivity contribution >= 4 is 27.6 Å². The summed E-state index contributed by atoms with van der Waals surface area (Å²) < 4.78 is 10.2. The first-order chi connectivity index (χ1) is 8.11. The fourth-order valence-corrected chi connectivity index (χ4v) is 2.13. The molecule has 0 bridgehead atoms. The summed E-state index contributed by atoms with van der Waals surface area (Å²) in [5.74, 6) is -0.706. The minimum Gasteiger partial charge on any atom is -0.464 e. The van der Waals surface area contributed by atoms with E-state index in [-0.39, 0.29) is 6.61 Å². The van der Waals surface area contributed by atoms with Crippen LogP contribution in [0.4, 0.5) is 0 Å². The molecule has 17 heavy (non-hydrogen) atoms. The lowest BCUT2D eigenvalue weighted by Crippen LogP contribution is -2.15. The summed E-state index contributed by atoms with van der Waals surface area (Å²) in [5.41, 5.74) is 0.827. The van der Waals surface area contributed by atoms with E-state index in [1.54, 1.807) is 19.1 Å². The molecule has 0 amide bonds. The number of fused-ring (bicyclic) bond motifs is 1. The third-order valence-electron chi connectivity index (χ3n) is 2.18. The highest BCUT2D eigenvalue weighted by molar-refractivity contribution is 7.16. The average molecular weight is 254 g/mol. The number of aliphatic hydroxyl groups is 1. The topological polar surface area (TPSA) is 76.7 Å². The van der Waals surface area contributed by atoms with Gasteiger partial charge in [-0.15, -0.1) is 0 Å². The predicted molar refractivity (Wildman–Crippen MR) is 62.0 cm³/mol. The maximum absolute atomic E-state index is 11.3. The number of carbonyl (C=O) groups excluding carboxylic acids is 1. The van der Waals surface area contributed by atoms with Gasteiger partial charge in [-0.2, -0.15) is 0 Å². The monoisotopic (exact) mass is 254 g/mol. The Morgan fingerprint density at radius 3 is 3.06 bits per heavy atom. The molecule has 0 spiro atoms. The van der Waals surface area contributed by atoms with E-state index in [0.717, 1.165) is 11.3 Å². The molecule has 1 aromatic heterocycles. The first-order valence-corrected chi connectivity index (χ1v) is 5.81. The summed E-state index contributed by atoms with van der Waals surface area (Å²) in [5, 5.41) is 9.71. The molecule has 5 nitrogen and oxygen atoms in total. The molecular formula is C11H10O5S. The molecular weight excluding hydrogens is 244 g/mol. The number of carbonyl (C=O) groups is 1. The van der Waals surface area contributed by atoms with E-state index in [9.17, 15) is 14.7 Å². The normalized spacial score (nSPS) is 12.6. The van der Waals surface area contributed by atoms with Crippen LogP contribution in [0.15, 0.2) is 27.4 Å². The van der Waals surface area contributed by atoms with Crippen molar-refractivity contribution in [1.82, 2.24) is 0 Å². The van der Waals surface area contributed by atoms with E-state index in [1.807, 2.05) is 0 Å². The maximum Gasteiger partial charge on any atom is 0.396 e. The molecule has 1 N–H and O–H groups in total. The van der Waals surface area contributed by atoms with Gasteiger partial charge in [-0.25, -0.2) is 9.59 Å². The van der Waals surface area contributed by atoms with Gasteiger partial charge in [-0.3, -0.25) is 0 Å². The van der Waals surface area contributed by atoms with Gasteiger partial charge in [-0.1, -0.05) is 17.4 Å². The highest BCUT2D eigenvalue weighted by Crippen LogP contribution is 2.23. The van der Waals surface area contributed by atoms with E-state index >= 15 is 0 Å². The Balaban J connectivity index is 2.35. The molecule has 1 heterocycles. The van der Waals surface area contributed by atoms with Crippen molar-refractivity contribution < 1.29 is 19.1 Å². The number of aliphatic hydroxyl groups excluding tert-OH is 1. The van der Waals surface area contributed by atoms with Crippen molar-refractivity contribution in [2.45, 2.75) is 13.0 Å². The van der Waals surface area contributed by atoms with Crippen molar-refractivity contribution in [1.29, 1.82) is 0 Å². The van der Waals surface area contributed by atoms with Crippen LogP contribution in [0.3, 0.4) is 0 Å². The summed E-state index contributed by atoms with van der Waals surface area (Å²) in [7, 11) is 0. The Hall–Kier alpha value is -1.66. The van der Waals surface area contributed by atoms with Crippen LogP contribution in [0.2, 0.25) is 0 Å². The van der Waals surface area contributed by atoms with Gasteiger partial charge in [0.2, 0.25) is 0 Å². The Bertz CT molecular complexity index is 597. The van der Waals surface area contributed by atoms with E-state index in [0.29, 0.717) is 15.8 Å². The highest BCUT2D eigenvalue weighted by atomic mass is 32.1. The number of rotatable bonds is 3. The zero-order valence-corrected chi connectivity index (χ0v) is 9.82. The van der Waals surface area contributed by atoms with E-state index < -0.39 is 17.0 Å². The molecule has 2 aromatic rings. The molecule has 1 aromatic carbocycles. The molecule has 2 rings (SSSR count). The maximum atomic E-state index is 11.3. The Morgan fingerprint density at radius 1 is 1.59 bits per heavy atom. The van der Waals surface area contributed by atoms with Crippen LogP contribution >= 0.6 is 11.3 Å². The predicted octanol–water partition coefficient (Wildman–Crippen LogP) is 1.45. The Morgan fingerprint density at radius 2 is 2.35 bits per heavy atom. The van der Waals surface area contributed by atoms with Gasteiger partial charge in [0.25, 0.3) is 0 Å². The molecule has 0 radical (unpaired) electrons. The van der Waals surface area contributed by atoms with Crippen LogP contribution in [-0.2, 0) is 9.53 Å². The third kappa shape index (κ3) is 2.37. The fraction of sp³-hybridized carbons (Fsp3) is 0.273. The Labute approximate surface area is 100 Å². The lowest BCUT2D eigenvalue weighted by Gasteiger charge is -2.09. The Kier molecular flexibility index (Phi) is 3.26. The van der Waals surface area contributed by atoms with E-state index in [1.165, 1.54) is 6.07 Å². The van der Waals surface area contributed by atoms with Crippen molar-refractivity contribution in [2.75, 3.05) is 6.61 Å². The quantitative estimate of drug-likeness (QED) is 0.839. The van der Waals surface area contributed by atoms with Crippen molar-refractivity contribution in [2.24, 2.45) is 0 Å². The minimum absolute atomic E-state index is 0.206. The molecule has 90 valence electrons. The number of hydrogen-bond acceptors (Lipinski definition) is 6. The molecule has 0 saturated heterocycles. The summed E-state index contributed by atoms with van der Waals surface area (Å²) in [6.45, 7) is 1.87. The van der Waals surface area contributed by atoms with E-state index in [4.69, 9.17) is 9.15 Å². The second kappa shape index (κ2) is 4.68. The zero-order valence-electron chi connectivity index (χ0n) is 9.00. The second-order valence-corrected chi connectivity index (χ2v) is 4.29. The second-order valence-electron chi connectivity index (χ2n) is 3.31. The molecule has 0 aliphatic heterocycles. The zero-order chi connectivity index (χ0) is 12.4. The van der Waals surface area contributed by atoms with Gasteiger partial charge >= 0.3 is 10.9 Å². The SMILES string of the molecule is CCOC(=O)C(O)c1ccc2oc(=O)sc2c1. The van der Waals surface area contributed by atoms with Gasteiger partial charge in [-0.05, 0) is 24.6 Å². The first kappa shape index (κ1) is 11.8. The van der Waals surface area contributed by atoms with Crippen molar-refractivity contribution in [3.05, 3.63) is 33.5 Å². The summed E-state index contributed by atoms with van der Waals surface area (Å²) in [6.07, 6.45) is -1.34. The van der Waals surface area contributed by atoms with Crippen LogP contribution < -0.4 is 4.94 Å². The molecule has 1 unspecified atom stereocenters. The molecule has 0 saturated carbocycles. The van der Waals surface area contributed by atoms with Crippen LogP contribution in [0.5, 0.6) is 0 Å². The first-order valence-electron chi connectivity index (χ1n) is 5.00. The van der Waals surface area contributed by atoms with Gasteiger partial charge in [0, 0.05) is 0 Å². The molecule has 0 aliphatic rings. The van der Waals surface area contributed by atoms with Crippen LogP contribution in [-0.4, -0.2) is 17.7 Å². The summed E-state index contributed by atoms with van der Waals surface area (Å²) in [6, 6.07) is 4.62. The summed E-state index contributed by atoms with van der Waals surface area (Å²) >= 11 is 0.923. The molecule has 0 fully saturated rings. The standard InChI is InChI=1S/C11H10O5S/c1-2-15-10(13)9(12)6-3-4-7-8(5-6)17-11(14)16-7/h3-5,9,12H,2H2,1H3. The number of benzene rings is 1. The number of esters is 1. The average Bonchev–Trinajstić information content (AvgIpc) is 2.67. The minimum atomic E-state index is -1.34. The number of hydrogen-bond donors (Lipinski definition) is 1. The van der Waals surface area contributed by atoms with Crippen LogP contribution in [0.25, 0.3) is 10.3 Å². The largest absolute Gasteiger partial charge is 0.464 e. The smallest absolute Gasteiger partial charge is 0.396 e. The van der Waals surface area contributed by atoms with Crippen molar-refractivity contribution in [3.63, 3.8) is 0 Å². The highest BCUT2D eigenvalue weighted by Gasteiger charge is 2.19. The van der Waals surface area contributed by atoms with Gasteiger partial charge < -0.3 is 14.3 Å². The fourth-order valence-electron chi connectivity index (χ4n) is 1.42. The lowest BCUT2D eigenvalue weighted by molar-refractivity contribution is -0.153. The summed E-state index contributed by atoms with van der Waals surface area (Å²) in [4.78, 5) is 21.9. The lowest BCUT2D eigenvalue weighted by atomic mass is 10.1. The van der Waals surface area contributed by atoms with Crippen LogP contribution in [0, 0.1) is 0 Å². The van der Waals surface area contributed by atoms with Gasteiger partial charge in [0.1, 0.15) is 5.58 Å². The van der Waals surface area contributed by atoms with E-state index in [2.05, 4.69) is 0 Å². The third-order valence-corrected chi connectivity index (χ3v) is 2.97. The van der Waals surface area contributed by atoms with Gasteiger partial charge in [0.05, 0.1) is 11.3 Å². The van der Waals surface area contributed by atoms with Gasteiger partial charge in [0.15, 0.2) is 6.10 Å². The molecule has 1 atom stereocenters. The molecule has 6 heteroatoms. The molecule has 0 aliphatic carbocycles. The van der Waals surface area contributed by atoms with Crippen molar-refractivity contribution in [3.8, 4) is 0 Å².